The van der Waals surface area contributed by atoms with Gasteiger partial charge in [0.2, 0.25) is 0 Å². The Hall–Kier alpha value is -2.96. The van der Waals surface area contributed by atoms with E-state index in [-0.39, 0.29) is 11.8 Å². The highest BCUT2D eigenvalue weighted by atomic mass is 16.5. The van der Waals surface area contributed by atoms with Gasteiger partial charge in [-0.15, -0.1) is 0 Å². The number of piperazine rings is 1. The number of methoxy groups -OCH3 is 1. The molecule has 0 spiro atoms. The highest BCUT2D eigenvalue weighted by Crippen LogP contribution is 2.22. The van der Waals surface area contributed by atoms with Gasteiger partial charge in [0.1, 0.15) is 5.75 Å². The summed E-state index contributed by atoms with van der Waals surface area (Å²) in [5, 5.41) is 0. The van der Waals surface area contributed by atoms with E-state index >= 15 is 0 Å². The van der Waals surface area contributed by atoms with Crippen LogP contribution in [0.1, 0.15) is 26.3 Å². The number of hydrogen-bond acceptors (Lipinski definition) is 5. The zero-order valence-electron chi connectivity index (χ0n) is 17.3. The van der Waals surface area contributed by atoms with E-state index in [4.69, 9.17) is 4.74 Å². The molecule has 1 fully saturated rings. The molecule has 2 aromatic rings. The van der Waals surface area contributed by atoms with Crippen LogP contribution in [0.15, 0.2) is 60.7 Å². The molecular weight excluding hydrogens is 378 g/mol. The molecule has 2 aliphatic rings. The predicted octanol–water partition coefficient (Wildman–Crippen LogP) is 2.67. The van der Waals surface area contributed by atoms with E-state index in [9.17, 15) is 9.59 Å². The third-order valence-electron chi connectivity index (χ3n) is 5.73. The molecule has 156 valence electrons. The summed E-state index contributed by atoms with van der Waals surface area (Å²) in [5.74, 6) is 0.483. The van der Waals surface area contributed by atoms with Crippen molar-refractivity contribution in [3.63, 3.8) is 0 Å². The minimum Gasteiger partial charge on any atom is -0.497 e. The number of rotatable bonds is 7. The molecular formula is C24H27N3O3. The van der Waals surface area contributed by atoms with Crippen LogP contribution in [-0.2, 0) is 6.54 Å². The molecule has 0 saturated carbocycles. The fourth-order valence-corrected chi connectivity index (χ4v) is 3.93. The topological polar surface area (TPSA) is 53.1 Å². The summed E-state index contributed by atoms with van der Waals surface area (Å²) >= 11 is 0. The van der Waals surface area contributed by atoms with Crippen molar-refractivity contribution in [2.24, 2.45) is 0 Å². The lowest BCUT2D eigenvalue weighted by molar-refractivity contribution is 0.0671. The molecule has 4 rings (SSSR count). The van der Waals surface area contributed by atoms with Gasteiger partial charge in [0.05, 0.1) is 18.2 Å². The number of nitrogens with zero attached hydrogens (tertiary/aromatic N) is 3. The average Bonchev–Trinajstić information content (AvgIpc) is 3.03. The monoisotopic (exact) mass is 405 g/mol. The van der Waals surface area contributed by atoms with E-state index < -0.39 is 0 Å². The Morgan fingerprint density at radius 1 is 0.800 bits per heavy atom. The third kappa shape index (κ3) is 4.45. The lowest BCUT2D eigenvalue weighted by Gasteiger charge is -2.34. The van der Waals surface area contributed by atoms with E-state index in [0.717, 1.165) is 45.0 Å². The molecule has 0 aliphatic carbocycles. The first-order valence-electron chi connectivity index (χ1n) is 10.3. The molecule has 1 saturated heterocycles. The summed E-state index contributed by atoms with van der Waals surface area (Å²) in [6, 6.07) is 15.3. The smallest absolute Gasteiger partial charge is 0.261 e. The minimum atomic E-state index is -0.201. The van der Waals surface area contributed by atoms with Crippen molar-refractivity contribution in [1.82, 2.24) is 14.7 Å². The molecule has 2 aromatic carbocycles. The number of fused-ring (bicyclic) bond motifs is 1. The molecule has 0 bridgehead atoms. The molecule has 30 heavy (non-hydrogen) atoms. The summed E-state index contributed by atoms with van der Waals surface area (Å²) in [6.07, 6.45) is 3.98. The number of carbonyl (C=O) groups is 2. The maximum atomic E-state index is 12.4. The van der Waals surface area contributed by atoms with Gasteiger partial charge in [-0.05, 0) is 29.8 Å². The number of ether oxygens (including phenoxy) is 1. The summed E-state index contributed by atoms with van der Waals surface area (Å²) in [6.45, 7) is 6.17. The molecule has 0 radical (unpaired) electrons. The summed E-state index contributed by atoms with van der Waals surface area (Å²) in [7, 11) is 1.68. The normalized spacial score (nSPS) is 17.7. The second-order valence-corrected chi connectivity index (χ2v) is 7.66. The first-order valence-corrected chi connectivity index (χ1v) is 10.3. The number of carbonyl (C=O) groups excluding carboxylic acids is 2. The molecule has 2 aliphatic heterocycles. The first-order chi connectivity index (χ1) is 14.7. The molecule has 0 aromatic heterocycles. The Bertz CT molecular complexity index is 896. The first kappa shape index (κ1) is 20.3. The van der Waals surface area contributed by atoms with Crippen molar-refractivity contribution in [1.29, 1.82) is 0 Å². The molecule has 6 heteroatoms. The molecule has 0 N–H and O–H groups in total. The van der Waals surface area contributed by atoms with Gasteiger partial charge >= 0.3 is 0 Å². The average molecular weight is 405 g/mol. The molecule has 6 nitrogen and oxygen atoms in total. The maximum absolute atomic E-state index is 12.4. The maximum Gasteiger partial charge on any atom is 0.261 e. The van der Waals surface area contributed by atoms with Gasteiger partial charge in [-0.25, -0.2) is 0 Å². The lowest BCUT2D eigenvalue weighted by Crippen LogP contribution is -2.45. The van der Waals surface area contributed by atoms with Crippen molar-refractivity contribution in [3.8, 4) is 5.75 Å². The second kappa shape index (κ2) is 9.24. The SMILES string of the molecule is COc1ccc(CN2CCN(C/C=C/CN3C(=O)c4ccccc4C3=O)CC2)cc1. The van der Waals surface area contributed by atoms with E-state index in [1.54, 1.807) is 31.4 Å². The van der Waals surface area contributed by atoms with Crippen molar-refractivity contribution < 1.29 is 14.3 Å². The van der Waals surface area contributed by atoms with Crippen molar-refractivity contribution in [2.75, 3.05) is 46.4 Å². The Balaban J connectivity index is 1.20. The summed E-state index contributed by atoms with van der Waals surface area (Å²) < 4.78 is 5.21. The van der Waals surface area contributed by atoms with E-state index in [1.165, 1.54) is 10.5 Å². The Morgan fingerprint density at radius 2 is 1.37 bits per heavy atom. The Morgan fingerprint density at radius 3 is 1.97 bits per heavy atom. The van der Waals surface area contributed by atoms with E-state index in [0.29, 0.717) is 17.7 Å². The molecule has 0 unspecified atom stereocenters. The largest absolute Gasteiger partial charge is 0.497 e. The van der Waals surface area contributed by atoms with E-state index in [2.05, 4.69) is 28.0 Å². The Kier molecular flexibility index (Phi) is 6.26. The fraction of sp³-hybridized carbons (Fsp3) is 0.333. The van der Waals surface area contributed by atoms with Crippen LogP contribution < -0.4 is 4.74 Å². The van der Waals surface area contributed by atoms with Crippen LogP contribution in [0.3, 0.4) is 0 Å². The van der Waals surface area contributed by atoms with Gasteiger partial charge in [-0.3, -0.25) is 24.3 Å². The van der Waals surface area contributed by atoms with Crippen LogP contribution in [0.2, 0.25) is 0 Å². The van der Waals surface area contributed by atoms with Gasteiger partial charge in [0, 0.05) is 45.8 Å². The number of hydrogen-bond donors (Lipinski definition) is 0. The van der Waals surface area contributed by atoms with Crippen LogP contribution in [0, 0.1) is 0 Å². The van der Waals surface area contributed by atoms with Gasteiger partial charge in [0.25, 0.3) is 11.8 Å². The van der Waals surface area contributed by atoms with Crippen LogP contribution in [0.25, 0.3) is 0 Å². The van der Waals surface area contributed by atoms with Crippen LogP contribution in [-0.4, -0.2) is 72.9 Å². The predicted molar refractivity (Wildman–Crippen MR) is 116 cm³/mol. The number of benzene rings is 2. The molecule has 0 atom stereocenters. The highest BCUT2D eigenvalue weighted by Gasteiger charge is 2.34. The van der Waals surface area contributed by atoms with Crippen LogP contribution >= 0.6 is 0 Å². The minimum absolute atomic E-state index is 0.201. The number of amides is 2. The fourth-order valence-electron chi connectivity index (χ4n) is 3.93. The van der Waals surface area contributed by atoms with Gasteiger partial charge < -0.3 is 4.74 Å². The van der Waals surface area contributed by atoms with E-state index in [1.807, 2.05) is 18.2 Å². The summed E-state index contributed by atoms with van der Waals surface area (Å²) in [4.78, 5) is 30.9. The second-order valence-electron chi connectivity index (χ2n) is 7.66. The molecule has 2 heterocycles. The highest BCUT2D eigenvalue weighted by molar-refractivity contribution is 6.21. The van der Waals surface area contributed by atoms with Crippen molar-refractivity contribution in [3.05, 3.63) is 77.4 Å². The standard InChI is InChI=1S/C24H27N3O3/c1-30-20-10-8-19(9-11-20)18-26-16-14-25(15-17-26)12-4-5-13-27-23(28)21-6-2-3-7-22(21)24(27)29/h2-11H,12-18H2,1H3/b5-4+. The van der Waals surface area contributed by atoms with Gasteiger partial charge in [-0.2, -0.15) is 0 Å². The van der Waals surface area contributed by atoms with Gasteiger partial charge in [-0.1, -0.05) is 36.4 Å². The van der Waals surface area contributed by atoms with Crippen LogP contribution in [0.4, 0.5) is 0 Å². The van der Waals surface area contributed by atoms with Crippen molar-refractivity contribution in [2.45, 2.75) is 6.54 Å². The quantitative estimate of drug-likeness (QED) is 0.524. The summed E-state index contributed by atoms with van der Waals surface area (Å²) in [5.41, 5.74) is 2.30. The lowest BCUT2D eigenvalue weighted by atomic mass is 10.1. The number of imide groups is 1. The third-order valence-corrected chi connectivity index (χ3v) is 5.73. The zero-order chi connectivity index (χ0) is 20.9. The van der Waals surface area contributed by atoms with Crippen LogP contribution in [0.5, 0.6) is 5.75 Å². The Labute approximate surface area is 177 Å². The van der Waals surface area contributed by atoms with Crippen molar-refractivity contribution >= 4 is 11.8 Å². The van der Waals surface area contributed by atoms with Gasteiger partial charge in [0.15, 0.2) is 0 Å². The zero-order valence-corrected chi connectivity index (χ0v) is 17.3. The molecule has 2 amide bonds.